The maximum absolute atomic E-state index is 12.5. The molecule has 140 valence electrons. The van der Waals surface area contributed by atoms with E-state index in [0.29, 0.717) is 10.6 Å². The maximum Gasteiger partial charge on any atom is 0.334 e. The lowest BCUT2D eigenvalue weighted by Crippen LogP contribution is -2.39. The number of rotatable bonds is 6. The average Bonchev–Trinajstić information content (AvgIpc) is 2.77. The number of likely N-dealkylation sites (N-methyl/N-ethyl adjacent to an activating group) is 1. The Balaban J connectivity index is 2.25. The van der Waals surface area contributed by atoms with Crippen molar-refractivity contribution in [2.45, 2.75) is 46.5 Å². The fourth-order valence-electron chi connectivity index (χ4n) is 2.99. The molecule has 1 N–H and O–H groups in total. The molecule has 7 heteroatoms. The van der Waals surface area contributed by atoms with Gasteiger partial charge in [-0.15, -0.1) is 0 Å². The maximum atomic E-state index is 12.5. The first-order valence-corrected chi connectivity index (χ1v) is 8.78. The number of nitrogens with one attached hydrogen (secondary N) is 1. The van der Waals surface area contributed by atoms with Crippen molar-refractivity contribution in [1.29, 1.82) is 0 Å². The van der Waals surface area contributed by atoms with E-state index in [2.05, 4.69) is 5.32 Å². The summed E-state index contributed by atoms with van der Waals surface area (Å²) in [7, 11) is 0. The minimum Gasteiger partial charge on any atom is -0.324 e. The first-order chi connectivity index (χ1) is 12.2. The van der Waals surface area contributed by atoms with Crippen LogP contribution in [0.1, 0.15) is 57.6 Å². The van der Waals surface area contributed by atoms with Gasteiger partial charge in [-0.05, 0) is 29.9 Å². The van der Waals surface area contributed by atoms with Crippen molar-refractivity contribution in [2.75, 3.05) is 18.4 Å². The van der Waals surface area contributed by atoms with E-state index in [1.54, 1.807) is 6.92 Å². The third kappa shape index (κ3) is 3.61. The number of para-hydroxylation sites is 1. The fourth-order valence-corrected chi connectivity index (χ4v) is 2.99. The van der Waals surface area contributed by atoms with Crippen LogP contribution in [-0.4, -0.2) is 46.6 Å². The Morgan fingerprint density at radius 2 is 1.46 bits per heavy atom. The van der Waals surface area contributed by atoms with Crippen LogP contribution in [0.15, 0.2) is 18.2 Å². The molecule has 5 amide bonds. The molecule has 26 heavy (non-hydrogen) atoms. The van der Waals surface area contributed by atoms with Gasteiger partial charge in [-0.2, -0.15) is 0 Å². The molecule has 1 aliphatic rings. The summed E-state index contributed by atoms with van der Waals surface area (Å²) >= 11 is 0. The van der Waals surface area contributed by atoms with Gasteiger partial charge in [0.2, 0.25) is 5.91 Å². The summed E-state index contributed by atoms with van der Waals surface area (Å²) in [5, 5.41) is 2.84. The van der Waals surface area contributed by atoms with E-state index in [0.717, 1.165) is 16.0 Å². The molecule has 1 aromatic rings. The fraction of sp³-hybridized carbons (Fsp3) is 0.474. The normalized spacial score (nSPS) is 14.8. The standard InChI is InChI=1S/C19H25N3O4/c1-6-21-17(24)18(25)22(19(21)26)10-15(23)20-16-13(11(2)3)8-7-9-14(16)12(4)5/h7-9,11-12H,6,10H2,1-5H3,(H,20,23). The van der Waals surface area contributed by atoms with Crippen LogP contribution in [0.3, 0.4) is 0 Å². The molecule has 0 radical (unpaired) electrons. The van der Waals surface area contributed by atoms with Crippen LogP contribution in [0.4, 0.5) is 10.5 Å². The number of amides is 5. The zero-order valence-corrected chi connectivity index (χ0v) is 15.8. The lowest BCUT2D eigenvalue weighted by molar-refractivity contribution is -0.143. The van der Waals surface area contributed by atoms with Gasteiger partial charge in [0.1, 0.15) is 6.54 Å². The Bertz CT molecular complexity index is 729. The monoisotopic (exact) mass is 359 g/mol. The van der Waals surface area contributed by atoms with E-state index >= 15 is 0 Å². The zero-order chi connectivity index (χ0) is 19.6. The van der Waals surface area contributed by atoms with Crippen LogP contribution < -0.4 is 5.32 Å². The molecule has 0 unspecified atom stereocenters. The summed E-state index contributed by atoms with van der Waals surface area (Å²) in [5.74, 6) is -1.98. The highest BCUT2D eigenvalue weighted by Gasteiger charge is 2.44. The molecule has 0 spiro atoms. The molecule has 7 nitrogen and oxygen atoms in total. The van der Waals surface area contributed by atoms with Crippen molar-refractivity contribution < 1.29 is 19.2 Å². The van der Waals surface area contributed by atoms with Gasteiger partial charge in [0.15, 0.2) is 0 Å². The third-order valence-corrected chi connectivity index (χ3v) is 4.39. The van der Waals surface area contributed by atoms with Crippen LogP contribution >= 0.6 is 0 Å². The molecule has 1 aliphatic heterocycles. The number of urea groups is 1. The summed E-state index contributed by atoms with van der Waals surface area (Å²) in [6.07, 6.45) is 0. The smallest absolute Gasteiger partial charge is 0.324 e. The van der Waals surface area contributed by atoms with Gasteiger partial charge in [-0.1, -0.05) is 45.9 Å². The van der Waals surface area contributed by atoms with Crippen molar-refractivity contribution in [3.05, 3.63) is 29.3 Å². The average molecular weight is 359 g/mol. The summed E-state index contributed by atoms with van der Waals surface area (Å²) in [6, 6.07) is 5.09. The van der Waals surface area contributed by atoms with Gasteiger partial charge < -0.3 is 5.32 Å². The van der Waals surface area contributed by atoms with Crippen molar-refractivity contribution >= 4 is 29.4 Å². The van der Waals surface area contributed by atoms with Crippen LogP contribution in [0, 0.1) is 0 Å². The number of imide groups is 2. The SMILES string of the molecule is CCN1C(=O)C(=O)N(CC(=O)Nc2c(C(C)C)cccc2C(C)C)C1=O. The molecule has 1 saturated heterocycles. The van der Waals surface area contributed by atoms with Gasteiger partial charge in [0.25, 0.3) is 0 Å². The van der Waals surface area contributed by atoms with E-state index in [1.807, 2.05) is 45.9 Å². The first kappa shape index (κ1) is 19.6. The molecule has 0 atom stereocenters. The van der Waals surface area contributed by atoms with Gasteiger partial charge in [0, 0.05) is 12.2 Å². The van der Waals surface area contributed by atoms with Crippen LogP contribution in [0.25, 0.3) is 0 Å². The van der Waals surface area contributed by atoms with Crippen molar-refractivity contribution in [3.8, 4) is 0 Å². The summed E-state index contributed by atoms with van der Waals surface area (Å²) in [6.45, 7) is 9.32. The van der Waals surface area contributed by atoms with Gasteiger partial charge in [-0.3, -0.25) is 19.3 Å². The Hall–Kier alpha value is -2.70. The van der Waals surface area contributed by atoms with E-state index in [4.69, 9.17) is 0 Å². The second kappa shape index (κ2) is 7.68. The summed E-state index contributed by atoms with van der Waals surface area (Å²) < 4.78 is 0. The van der Waals surface area contributed by atoms with E-state index in [9.17, 15) is 19.2 Å². The van der Waals surface area contributed by atoms with Gasteiger partial charge in [-0.25, -0.2) is 9.69 Å². The minimum absolute atomic E-state index is 0.0925. The summed E-state index contributed by atoms with van der Waals surface area (Å²) in [4.78, 5) is 49.9. The topological polar surface area (TPSA) is 86.8 Å². The predicted octanol–water partition coefficient (Wildman–Crippen LogP) is 2.68. The minimum atomic E-state index is -0.965. The third-order valence-electron chi connectivity index (χ3n) is 4.39. The molecule has 0 saturated carbocycles. The molecular weight excluding hydrogens is 334 g/mol. The van der Waals surface area contributed by atoms with Crippen LogP contribution in [0.2, 0.25) is 0 Å². The number of hydrogen-bond acceptors (Lipinski definition) is 4. The number of carbonyl (C=O) groups is 4. The van der Waals surface area contributed by atoms with E-state index in [-0.39, 0.29) is 18.4 Å². The molecule has 1 aromatic carbocycles. The summed E-state index contributed by atoms with van der Waals surface area (Å²) in [5.41, 5.74) is 2.67. The quantitative estimate of drug-likeness (QED) is 0.625. The molecule has 0 aliphatic carbocycles. The molecule has 1 heterocycles. The number of nitrogens with zero attached hydrogens (tertiary/aromatic N) is 2. The molecule has 0 bridgehead atoms. The van der Waals surface area contributed by atoms with Crippen LogP contribution in [0.5, 0.6) is 0 Å². The van der Waals surface area contributed by atoms with E-state index in [1.165, 1.54) is 0 Å². The van der Waals surface area contributed by atoms with Gasteiger partial charge in [0.05, 0.1) is 0 Å². The Kier molecular flexibility index (Phi) is 5.79. The zero-order valence-electron chi connectivity index (χ0n) is 15.8. The highest BCUT2D eigenvalue weighted by Crippen LogP contribution is 2.32. The second-order valence-electron chi connectivity index (χ2n) is 6.89. The predicted molar refractivity (Wildman–Crippen MR) is 97.7 cm³/mol. The number of carbonyl (C=O) groups excluding carboxylic acids is 4. The van der Waals surface area contributed by atoms with Crippen molar-refractivity contribution in [2.24, 2.45) is 0 Å². The number of anilines is 1. The molecular formula is C19H25N3O4. The lowest BCUT2D eigenvalue weighted by atomic mass is 9.92. The second-order valence-corrected chi connectivity index (χ2v) is 6.89. The molecule has 0 aromatic heterocycles. The Morgan fingerprint density at radius 3 is 1.88 bits per heavy atom. The Morgan fingerprint density at radius 1 is 0.962 bits per heavy atom. The van der Waals surface area contributed by atoms with E-state index < -0.39 is 30.3 Å². The van der Waals surface area contributed by atoms with Crippen molar-refractivity contribution in [1.82, 2.24) is 9.80 Å². The van der Waals surface area contributed by atoms with Crippen LogP contribution in [-0.2, 0) is 14.4 Å². The lowest BCUT2D eigenvalue weighted by Gasteiger charge is -2.21. The highest BCUT2D eigenvalue weighted by molar-refractivity contribution is 6.45. The first-order valence-electron chi connectivity index (χ1n) is 8.78. The van der Waals surface area contributed by atoms with Crippen molar-refractivity contribution in [3.63, 3.8) is 0 Å². The Labute approximate surface area is 153 Å². The highest BCUT2D eigenvalue weighted by atomic mass is 16.2. The number of benzene rings is 1. The molecule has 2 rings (SSSR count). The number of hydrogen-bond donors (Lipinski definition) is 1. The van der Waals surface area contributed by atoms with Gasteiger partial charge >= 0.3 is 17.8 Å². The molecule has 1 fully saturated rings. The largest absolute Gasteiger partial charge is 0.334 e.